The first-order chi connectivity index (χ1) is 21.3. The molecule has 0 radical (unpaired) electrons. The van der Waals surface area contributed by atoms with Crippen LogP contribution in [0.5, 0.6) is 0 Å². The highest BCUT2D eigenvalue weighted by Gasteiger charge is 2.57. The Kier molecular flexibility index (Phi) is 13.1. The van der Waals surface area contributed by atoms with E-state index in [4.69, 9.17) is 0 Å². The van der Waals surface area contributed by atoms with Crippen molar-refractivity contribution in [1.82, 2.24) is 10.6 Å². The SMILES string of the molecule is CC1C[C@@H]2CCCCCCCCCCC[C@]23CN[C@@H](C)[C@@H]3[C@@H]1C.CC1C[C@@H]2CCCCCCCCC[C@]23CN[C@@H](C)[C@@H]3[C@@H]1C. The van der Waals surface area contributed by atoms with E-state index < -0.39 is 0 Å². The minimum atomic E-state index is 0.638. The summed E-state index contributed by atoms with van der Waals surface area (Å²) in [7, 11) is 0. The minimum absolute atomic E-state index is 0.638. The van der Waals surface area contributed by atoms with Gasteiger partial charge in [-0.2, -0.15) is 0 Å². The summed E-state index contributed by atoms with van der Waals surface area (Å²) in [6.07, 6.45) is 32.9. The first kappa shape index (κ1) is 35.2. The molecule has 2 spiro atoms. The number of hydrogen-bond acceptors (Lipinski definition) is 2. The lowest BCUT2D eigenvalue weighted by Gasteiger charge is -2.52. The lowest BCUT2D eigenvalue weighted by molar-refractivity contribution is -0.0273. The van der Waals surface area contributed by atoms with Gasteiger partial charge < -0.3 is 10.6 Å². The fourth-order valence-electron chi connectivity index (χ4n) is 13.0. The molecule has 6 rings (SSSR count). The van der Waals surface area contributed by atoms with Crippen LogP contribution in [0, 0.1) is 58.2 Å². The van der Waals surface area contributed by atoms with Crippen LogP contribution in [0.3, 0.4) is 0 Å². The van der Waals surface area contributed by atoms with Gasteiger partial charge in [0.05, 0.1) is 0 Å². The molecule has 6 aliphatic rings. The van der Waals surface area contributed by atoms with Crippen molar-refractivity contribution >= 4 is 0 Å². The summed E-state index contributed by atoms with van der Waals surface area (Å²) in [6.45, 7) is 17.8. The molecule has 4 saturated carbocycles. The highest BCUT2D eigenvalue weighted by Crippen LogP contribution is 2.59. The lowest BCUT2D eigenvalue weighted by Crippen LogP contribution is -2.48. The number of nitrogens with one attached hydrogen (secondary N) is 2. The van der Waals surface area contributed by atoms with Gasteiger partial charge in [-0.1, -0.05) is 130 Å². The fourth-order valence-corrected chi connectivity index (χ4v) is 13.0. The predicted molar refractivity (Wildman–Crippen MR) is 192 cm³/mol. The Labute approximate surface area is 276 Å². The molecule has 4 aliphatic carbocycles. The van der Waals surface area contributed by atoms with Gasteiger partial charge in [-0.25, -0.2) is 0 Å². The van der Waals surface area contributed by atoms with Crippen LogP contribution in [0.25, 0.3) is 0 Å². The van der Waals surface area contributed by atoms with Gasteiger partial charge in [0, 0.05) is 25.2 Å². The Hall–Kier alpha value is -0.0800. The Balaban J connectivity index is 0.000000175. The first-order valence-corrected chi connectivity index (χ1v) is 20.8. The molecule has 0 aromatic heterocycles. The van der Waals surface area contributed by atoms with Crippen molar-refractivity contribution in [2.45, 2.75) is 195 Å². The average Bonchev–Trinajstić information content (AvgIpc) is 3.52. The third-order valence-corrected chi connectivity index (χ3v) is 15.7. The van der Waals surface area contributed by atoms with Crippen LogP contribution in [0.1, 0.15) is 183 Å². The van der Waals surface area contributed by atoms with E-state index in [0.717, 1.165) is 59.4 Å². The molecule has 2 heteroatoms. The van der Waals surface area contributed by atoms with Crippen LogP contribution < -0.4 is 10.6 Å². The molecule has 0 aromatic rings. The second-order valence-electron chi connectivity index (χ2n) is 18.1. The van der Waals surface area contributed by atoms with Gasteiger partial charge >= 0.3 is 0 Å². The zero-order valence-electron chi connectivity index (χ0n) is 30.7. The highest BCUT2D eigenvalue weighted by molar-refractivity contribution is 5.09. The molecule has 6 fully saturated rings. The molecule has 2 saturated heterocycles. The van der Waals surface area contributed by atoms with Crippen molar-refractivity contribution in [2.24, 2.45) is 58.2 Å². The molecule has 12 atom stereocenters. The largest absolute Gasteiger partial charge is 0.313 e. The lowest BCUT2D eigenvalue weighted by atomic mass is 9.52. The molecule has 2 aliphatic heterocycles. The first-order valence-electron chi connectivity index (χ1n) is 20.8. The van der Waals surface area contributed by atoms with E-state index in [1.807, 2.05) is 0 Å². The van der Waals surface area contributed by atoms with Gasteiger partial charge in [0.15, 0.2) is 0 Å². The van der Waals surface area contributed by atoms with Crippen LogP contribution in [0.4, 0.5) is 0 Å². The quantitative estimate of drug-likeness (QED) is 0.285. The van der Waals surface area contributed by atoms with E-state index in [9.17, 15) is 0 Å². The molecule has 0 amide bonds. The highest BCUT2D eigenvalue weighted by atomic mass is 15.0. The van der Waals surface area contributed by atoms with Crippen LogP contribution in [-0.4, -0.2) is 25.2 Å². The molecule has 2 nitrogen and oxygen atoms in total. The molecule has 44 heavy (non-hydrogen) atoms. The van der Waals surface area contributed by atoms with Crippen LogP contribution >= 0.6 is 0 Å². The van der Waals surface area contributed by atoms with Gasteiger partial charge in [-0.3, -0.25) is 0 Å². The van der Waals surface area contributed by atoms with Crippen LogP contribution in [0.15, 0.2) is 0 Å². The number of rotatable bonds is 0. The Morgan fingerprint density at radius 3 is 1.09 bits per heavy atom. The molecule has 0 aromatic carbocycles. The Morgan fingerprint density at radius 1 is 0.409 bits per heavy atom. The van der Waals surface area contributed by atoms with Gasteiger partial charge in [-0.05, 0) is 111 Å². The third-order valence-electron chi connectivity index (χ3n) is 15.7. The zero-order valence-corrected chi connectivity index (χ0v) is 30.7. The molecule has 2 heterocycles. The zero-order chi connectivity index (χ0) is 31.2. The summed E-state index contributed by atoms with van der Waals surface area (Å²) in [5, 5.41) is 7.83. The van der Waals surface area contributed by atoms with Crippen molar-refractivity contribution in [3.63, 3.8) is 0 Å². The van der Waals surface area contributed by atoms with Crippen LogP contribution in [0.2, 0.25) is 0 Å². The summed E-state index contributed by atoms with van der Waals surface area (Å²) in [5.74, 6) is 7.55. The van der Waals surface area contributed by atoms with Crippen molar-refractivity contribution in [3.05, 3.63) is 0 Å². The van der Waals surface area contributed by atoms with Crippen molar-refractivity contribution < 1.29 is 0 Å². The molecule has 0 bridgehead atoms. The van der Waals surface area contributed by atoms with Gasteiger partial charge in [-0.15, -0.1) is 0 Å². The molecule has 2 unspecified atom stereocenters. The molecular formula is C42H78N2. The monoisotopic (exact) mass is 611 g/mol. The van der Waals surface area contributed by atoms with E-state index in [1.165, 1.54) is 154 Å². The van der Waals surface area contributed by atoms with E-state index in [0.29, 0.717) is 10.8 Å². The Morgan fingerprint density at radius 2 is 0.727 bits per heavy atom. The van der Waals surface area contributed by atoms with Gasteiger partial charge in [0.25, 0.3) is 0 Å². The van der Waals surface area contributed by atoms with E-state index >= 15 is 0 Å². The van der Waals surface area contributed by atoms with E-state index in [-0.39, 0.29) is 0 Å². The smallest absolute Gasteiger partial charge is 0.00757 e. The fraction of sp³-hybridized carbons (Fsp3) is 1.00. The van der Waals surface area contributed by atoms with Gasteiger partial charge in [0.2, 0.25) is 0 Å². The van der Waals surface area contributed by atoms with Crippen molar-refractivity contribution in [2.75, 3.05) is 13.1 Å². The Bertz CT molecular complexity index is 840. The maximum atomic E-state index is 3.93. The summed E-state index contributed by atoms with van der Waals surface area (Å²) in [5.41, 5.74) is 1.29. The molecule has 2 N–H and O–H groups in total. The topological polar surface area (TPSA) is 24.1 Å². The summed E-state index contributed by atoms with van der Waals surface area (Å²) in [4.78, 5) is 0. The standard InChI is InChI=1S/C22H41N.C20H37N/c1-17-15-20-13-11-9-7-5-4-6-8-10-12-14-22(20)16-23-19(3)21(22)18(17)2;1-15-13-18-11-9-7-5-4-6-8-10-12-20(18)14-21-17(3)19(20)16(15)2/h17-21,23H,4-16H2,1-3H3;15-19,21H,4-14H2,1-3H3/t17?,18-,19+,20+,21+,22+;15?,16-,17+,18+,19+,20+/m11/s1. The van der Waals surface area contributed by atoms with E-state index in [2.05, 4.69) is 52.2 Å². The minimum Gasteiger partial charge on any atom is -0.313 e. The maximum Gasteiger partial charge on any atom is 0.00757 e. The normalized spacial score (nSPS) is 47.9. The summed E-state index contributed by atoms with van der Waals surface area (Å²) in [6, 6.07) is 1.49. The molecular weight excluding hydrogens is 532 g/mol. The maximum absolute atomic E-state index is 3.93. The summed E-state index contributed by atoms with van der Waals surface area (Å²) < 4.78 is 0. The van der Waals surface area contributed by atoms with Gasteiger partial charge in [0.1, 0.15) is 0 Å². The second-order valence-corrected chi connectivity index (χ2v) is 18.1. The molecule has 256 valence electrons. The average molecular weight is 611 g/mol. The van der Waals surface area contributed by atoms with Crippen LogP contribution in [-0.2, 0) is 0 Å². The van der Waals surface area contributed by atoms with Crippen molar-refractivity contribution in [3.8, 4) is 0 Å². The number of hydrogen-bond donors (Lipinski definition) is 2. The van der Waals surface area contributed by atoms with E-state index in [1.54, 1.807) is 0 Å². The third kappa shape index (κ3) is 7.63. The predicted octanol–water partition coefficient (Wildman–Crippen LogP) is 11.6. The summed E-state index contributed by atoms with van der Waals surface area (Å²) >= 11 is 0. The second kappa shape index (κ2) is 16.3. The van der Waals surface area contributed by atoms with Crippen molar-refractivity contribution in [1.29, 1.82) is 0 Å².